The van der Waals surface area contributed by atoms with E-state index in [1.807, 2.05) is 0 Å². The fourth-order valence-corrected chi connectivity index (χ4v) is 1.55. The molecule has 1 atom stereocenters. The summed E-state index contributed by atoms with van der Waals surface area (Å²) >= 11 is 0. The van der Waals surface area contributed by atoms with Crippen molar-refractivity contribution in [2.75, 3.05) is 11.9 Å². The van der Waals surface area contributed by atoms with Gasteiger partial charge in [0.15, 0.2) is 0 Å². The summed E-state index contributed by atoms with van der Waals surface area (Å²) in [6, 6.07) is 3.16. The van der Waals surface area contributed by atoms with Crippen LogP contribution < -0.4 is 16.4 Å². The molecular formula is C13H20N4O2. The van der Waals surface area contributed by atoms with Crippen LogP contribution in [0.15, 0.2) is 18.3 Å². The predicted octanol–water partition coefficient (Wildman–Crippen LogP) is 0.897. The van der Waals surface area contributed by atoms with E-state index in [1.165, 1.54) is 6.20 Å². The fraction of sp³-hybridized carbons (Fsp3) is 0.462. The number of nitrogens with zero attached hydrogens (tertiary/aromatic N) is 1. The number of nitrogens with two attached hydrogens (primary N) is 1. The van der Waals surface area contributed by atoms with E-state index in [4.69, 9.17) is 5.73 Å². The minimum atomic E-state index is -0.440. The number of anilines is 1. The molecule has 0 aliphatic carbocycles. The highest BCUT2D eigenvalue weighted by molar-refractivity contribution is 5.94. The van der Waals surface area contributed by atoms with Crippen LogP contribution in [0.1, 0.15) is 37.0 Å². The molecule has 0 spiro atoms. The van der Waals surface area contributed by atoms with Gasteiger partial charge in [0.1, 0.15) is 5.82 Å². The molecule has 104 valence electrons. The molecular weight excluding hydrogens is 244 g/mol. The summed E-state index contributed by atoms with van der Waals surface area (Å²) in [4.78, 5) is 26.7. The van der Waals surface area contributed by atoms with Gasteiger partial charge in [0.2, 0.25) is 5.91 Å². The fourth-order valence-electron chi connectivity index (χ4n) is 1.55. The lowest BCUT2D eigenvalue weighted by atomic mass is 10.2. The highest BCUT2D eigenvalue weighted by Crippen LogP contribution is 2.05. The van der Waals surface area contributed by atoms with Gasteiger partial charge in [-0.1, -0.05) is 6.92 Å². The molecule has 0 aliphatic heterocycles. The van der Waals surface area contributed by atoms with Crippen LogP contribution in [0.4, 0.5) is 5.82 Å². The summed E-state index contributed by atoms with van der Waals surface area (Å²) < 4.78 is 0. The van der Waals surface area contributed by atoms with Crippen molar-refractivity contribution in [1.82, 2.24) is 10.3 Å². The van der Waals surface area contributed by atoms with Gasteiger partial charge in [-0.2, -0.15) is 0 Å². The van der Waals surface area contributed by atoms with Crippen molar-refractivity contribution in [3.05, 3.63) is 23.9 Å². The number of hydrogen-bond acceptors (Lipinski definition) is 4. The Kier molecular flexibility index (Phi) is 5.78. The second-order valence-electron chi connectivity index (χ2n) is 4.40. The topological polar surface area (TPSA) is 97.1 Å². The highest BCUT2D eigenvalue weighted by atomic mass is 16.2. The maximum Gasteiger partial charge on any atom is 0.253 e. The third-order valence-electron chi connectivity index (χ3n) is 2.47. The molecule has 2 amide bonds. The number of rotatable bonds is 7. The van der Waals surface area contributed by atoms with Crippen molar-refractivity contribution in [2.45, 2.75) is 32.7 Å². The number of nitrogens with one attached hydrogen (secondary N) is 2. The molecule has 1 aromatic rings. The van der Waals surface area contributed by atoms with Crippen LogP contribution in [-0.4, -0.2) is 29.4 Å². The molecule has 1 aromatic heterocycles. The number of carbonyl (C=O) groups is 2. The van der Waals surface area contributed by atoms with Crippen LogP contribution in [-0.2, 0) is 4.79 Å². The molecule has 1 rings (SSSR count). The lowest BCUT2D eigenvalue weighted by Crippen LogP contribution is -2.35. The first kappa shape index (κ1) is 14.9. The molecule has 6 heteroatoms. The minimum absolute atomic E-state index is 0.120. The number of carbonyl (C=O) groups excluding carboxylic acids is 2. The van der Waals surface area contributed by atoms with Gasteiger partial charge in [0, 0.05) is 25.2 Å². The molecule has 0 radical (unpaired) electrons. The van der Waals surface area contributed by atoms with Crippen molar-refractivity contribution in [2.24, 2.45) is 5.73 Å². The molecule has 19 heavy (non-hydrogen) atoms. The van der Waals surface area contributed by atoms with E-state index in [0.717, 1.165) is 18.8 Å². The summed E-state index contributed by atoms with van der Waals surface area (Å²) in [5, 5.41) is 5.81. The first-order valence-electron chi connectivity index (χ1n) is 6.32. The Labute approximate surface area is 112 Å². The number of aromatic nitrogens is 1. The van der Waals surface area contributed by atoms with Gasteiger partial charge in [-0.05, 0) is 25.5 Å². The Balaban J connectivity index is 2.55. The molecule has 0 aliphatic rings. The summed E-state index contributed by atoms with van der Waals surface area (Å²) in [5.41, 5.74) is 5.52. The van der Waals surface area contributed by atoms with Crippen LogP contribution in [0.3, 0.4) is 0 Å². The van der Waals surface area contributed by atoms with Crippen molar-refractivity contribution >= 4 is 17.6 Å². The number of primary amides is 1. The lowest BCUT2D eigenvalue weighted by Gasteiger charge is -2.12. The first-order valence-corrected chi connectivity index (χ1v) is 6.32. The average molecular weight is 264 g/mol. The standard InChI is InChI=1S/C13H20N4O2/c1-3-6-15-12-5-4-10(8-16-12)13(19)17-9(2)7-11(14)18/h4-5,8-9H,3,6-7H2,1-2H3,(H2,14,18)(H,15,16)(H,17,19). The summed E-state index contributed by atoms with van der Waals surface area (Å²) in [5.74, 6) is 0.0388. The van der Waals surface area contributed by atoms with Crippen LogP contribution in [0, 0.1) is 0 Å². The molecule has 1 heterocycles. The predicted molar refractivity (Wildman–Crippen MR) is 73.8 cm³/mol. The largest absolute Gasteiger partial charge is 0.370 e. The van der Waals surface area contributed by atoms with Crippen molar-refractivity contribution in [3.63, 3.8) is 0 Å². The van der Waals surface area contributed by atoms with E-state index < -0.39 is 5.91 Å². The number of pyridine rings is 1. The minimum Gasteiger partial charge on any atom is -0.370 e. The van der Waals surface area contributed by atoms with Gasteiger partial charge in [-0.3, -0.25) is 9.59 Å². The molecule has 0 saturated heterocycles. The summed E-state index contributed by atoms with van der Waals surface area (Å²) in [6.45, 7) is 4.64. The molecule has 0 aromatic carbocycles. The SMILES string of the molecule is CCCNc1ccc(C(=O)NC(C)CC(N)=O)cn1. The van der Waals surface area contributed by atoms with Crippen LogP contribution in [0.25, 0.3) is 0 Å². The number of amides is 2. The van der Waals surface area contributed by atoms with Gasteiger partial charge in [0.05, 0.1) is 5.56 Å². The Morgan fingerprint density at radius 2 is 2.16 bits per heavy atom. The Bertz CT molecular complexity index is 431. The zero-order valence-electron chi connectivity index (χ0n) is 11.3. The zero-order valence-corrected chi connectivity index (χ0v) is 11.3. The van der Waals surface area contributed by atoms with Gasteiger partial charge in [-0.25, -0.2) is 4.98 Å². The van der Waals surface area contributed by atoms with Gasteiger partial charge in [-0.15, -0.1) is 0 Å². The van der Waals surface area contributed by atoms with E-state index in [-0.39, 0.29) is 18.4 Å². The zero-order chi connectivity index (χ0) is 14.3. The maximum atomic E-state index is 11.8. The third-order valence-corrected chi connectivity index (χ3v) is 2.47. The molecule has 0 bridgehead atoms. The highest BCUT2D eigenvalue weighted by Gasteiger charge is 2.11. The van der Waals surface area contributed by atoms with Crippen LogP contribution in [0.2, 0.25) is 0 Å². The average Bonchev–Trinajstić information content (AvgIpc) is 2.35. The summed E-state index contributed by atoms with van der Waals surface area (Å²) in [6.07, 6.45) is 2.63. The molecule has 1 unspecified atom stereocenters. The molecule has 6 nitrogen and oxygen atoms in total. The second kappa shape index (κ2) is 7.35. The lowest BCUT2D eigenvalue weighted by molar-refractivity contribution is -0.118. The van der Waals surface area contributed by atoms with E-state index >= 15 is 0 Å². The van der Waals surface area contributed by atoms with E-state index in [9.17, 15) is 9.59 Å². The maximum absolute atomic E-state index is 11.8. The third kappa shape index (κ3) is 5.37. The normalized spacial score (nSPS) is 11.7. The Morgan fingerprint density at radius 1 is 1.42 bits per heavy atom. The van der Waals surface area contributed by atoms with Gasteiger partial charge < -0.3 is 16.4 Å². The second-order valence-corrected chi connectivity index (χ2v) is 4.40. The quantitative estimate of drug-likeness (QED) is 0.681. The smallest absolute Gasteiger partial charge is 0.253 e. The van der Waals surface area contributed by atoms with Crippen molar-refractivity contribution in [1.29, 1.82) is 0 Å². The molecule has 4 N–H and O–H groups in total. The summed E-state index contributed by atoms with van der Waals surface area (Å²) in [7, 11) is 0. The van der Waals surface area contributed by atoms with Crippen LogP contribution in [0.5, 0.6) is 0 Å². The molecule has 0 fully saturated rings. The monoisotopic (exact) mass is 264 g/mol. The molecule has 0 saturated carbocycles. The van der Waals surface area contributed by atoms with Crippen molar-refractivity contribution < 1.29 is 9.59 Å². The number of hydrogen-bond donors (Lipinski definition) is 3. The van der Waals surface area contributed by atoms with E-state index in [1.54, 1.807) is 19.1 Å². The van der Waals surface area contributed by atoms with Gasteiger partial charge in [0.25, 0.3) is 5.91 Å². The van der Waals surface area contributed by atoms with Gasteiger partial charge >= 0.3 is 0 Å². The van der Waals surface area contributed by atoms with Crippen molar-refractivity contribution in [3.8, 4) is 0 Å². The van der Waals surface area contributed by atoms with E-state index in [2.05, 4.69) is 22.5 Å². The Hall–Kier alpha value is -2.11. The first-order chi connectivity index (χ1) is 9.02. The van der Waals surface area contributed by atoms with Crippen LogP contribution >= 0.6 is 0 Å². The Morgan fingerprint density at radius 3 is 2.68 bits per heavy atom. The van der Waals surface area contributed by atoms with E-state index in [0.29, 0.717) is 5.56 Å².